The van der Waals surface area contributed by atoms with Gasteiger partial charge in [-0.1, -0.05) is 23.7 Å². The number of hydrogen-bond donors (Lipinski definition) is 1. The number of rotatable bonds is 7. The summed E-state index contributed by atoms with van der Waals surface area (Å²) in [7, 11) is 0. The molecule has 0 unspecified atom stereocenters. The van der Waals surface area contributed by atoms with E-state index in [1.165, 1.54) is 0 Å². The van der Waals surface area contributed by atoms with E-state index >= 15 is 0 Å². The number of benzene rings is 1. The predicted molar refractivity (Wildman–Crippen MR) is 74.9 cm³/mol. The van der Waals surface area contributed by atoms with Crippen molar-refractivity contribution in [3.05, 3.63) is 34.9 Å². The largest absolute Gasteiger partial charge is 0.370 e. The molecule has 1 aliphatic carbocycles. The van der Waals surface area contributed by atoms with Gasteiger partial charge in [-0.2, -0.15) is 0 Å². The summed E-state index contributed by atoms with van der Waals surface area (Å²) in [6, 6.07) is 7.95. The number of hydrogen-bond acceptors (Lipinski definition) is 3. The van der Waals surface area contributed by atoms with Crippen molar-refractivity contribution in [2.75, 3.05) is 19.8 Å². The molecular formula is C14H19ClN2O2. The smallest absolute Gasteiger partial charge is 0.249 e. The number of carbonyl (C=O) groups is 1. The molecule has 0 aliphatic heterocycles. The van der Waals surface area contributed by atoms with Gasteiger partial charge in [-0.25, -0.2) is 0 Å². The summed E-state index contributed by atoms with van der Waals surface area (Å²) in [6.45, 7) is 1.59. The molecule has 2 rings (SSSR count). The topological polar surface area (TPSA) is 55.6 Å². The zero-order valence-corrected chi connectivity index (χ0v) is 11.6. The van der Waals surface area contributed by atoms with Crippen molar-refractivity contribution < 1.29 is 9.53 Å². The van der Waals surface area contributed by atoms with E-state index in [2.05, 4.69) is 0 Å². The fourth-order valence-corrected chi connectivity index (χ4v) is 2.05. The number of nitrogens with two attached hydrogens (primary N) is 1. The molecular weight excluding hydrogens is 264 g/mol. The number of carbonyl (C=O) groups excluding carboxylic acids is 1. The highest BCUT2D eigenvalue weighted by Crippen LogP contribution is 2.28. The number of halogens is 1. The van der Waals surface area contributed by atoms with Gasteiger partial charge in [-0.15, -0.1) is 0 Å². The fraction of sp³-hybridized carbons (Fsp3) is 0.500. The summed E-state index contributed by atoms with van der Waals surface area (Å²) in [5, 5.41) is 0.708. The lowest BCUT2D eigenvalue weighted by Crippen LogP contribution is -2.35. The van der Waals surface area contributed by atoms with Crippen LogP contribution in [0.25, 0.3) is 0 Å². The van der Waals surface area contributed by atoms with Gasteiger partial charge in [0.1, 0.15) is 6.61 Å². The SMILES string of the molecule is NCCOCC(=O)N(Cc1ccc(Cl)cc1)C1CC1. The van der Waals surface area contributed by atoms with E-state index in [4.69, 9.17) is 22.1 Å². The first-order chi connectivity index (χ1) is 9.20. The Hall–Kier alpha value is -1.10. The monoisotopic (exact) mass is 282 g/mol. The maximum atomic E-state index is 12.1. The van der Waals surface area contributed by atoms with Crippen molar-refractivity contribution in [3.8, 4) is 0 Å². The first kappa shape index (κ1) is 14.3. The molecule has 1 aliphatic rings. The third kappa shape index (κ3) is 4.49. The Kier molecular flexibility index (Phi) is 5.19. The van der Waals surface area contributed by atoms with E-state index in [0.29, 0.717) is 30.8 Å². The second kappa shape index (κ2) is 6.89. The average Bonchev–Trinajstić information content (AvgIpc) is 3.22. The summed E-state index contributed by atoms with van der Waals surface area (Å²) < 4.78 is 5.22. The lowest BCUT2D eigenvalue weighted by Gasteiger charge is -2.22. The normalized spacial score (nSPS) is 14.4. The van der Waals surface area contributed by atoms with E-state index in [1.807, 2.05) is 29.2 Å². The van der Waals surface area contributed by atoms with Crippen LogP contribution in [-0.4, -0.2) is 36.6 Å². The molecule has 5 heteroatoms. The lowest BCUT2D eigenvalue weighted by atomic mass is 10.2. The molecule has 2 N–H and O–H groups in total. The van der Waals surface area contributed by atoms with Crippen LogP contribution in [0, 0.1) is 0 Å². The van der Waals surface area contributed by atoms with Gasteiger partial charge in [0.2, 0.25) is 5.91 Å². The molecule has 104 valence electrons. The van der Waals surface area contributed by atoms with Gasteiger partial charge in [0.05, 0.1) is 6.61 Å². The van der Waals surface area contributed by atoms with E-state index < -0.39 is 0 Å². The molecule has 19 heavy (non-hydrogen) atoms. The highest BCUT2D eigenvalue weighted by atomic mass is 35.5. The highest BCUT2D eigenvalue weighted by molar-refractivity contribution is 6.30. The van der Waals surface area contributed by atoms with Crippen molar-refractivity contribution in [3.63, 3.8) is 0 Å². The van der Waals surface area contributed by atoms with E-state index in [-0.39, 0.29) is 12.5 Å². The van der Waals surface area contributed by atoms with Crippen LogP contribution >= 0.6 is 11.6 Å². The zero-order chi connectivity index (χ0) is 13.7. The lowest BCUT2D eigenvalue weighted by molar-refractivity contribution is -0.137. The van der Waals surface area contributed by atoms with Gasteiger partial charge in [-0.3, -0.25) is 4.79 Å². The minimum atomic E-state index is 0.0332. The van der Waals surface area contributed by atoms with E-state index in [0.717, 1.165) is 18.4 Å². The van der Waals surface area contributed by atoms with Crippen LogP contribution in [-0.2, 0) is 16.1 Å². The Morgan fingerprint density at radius 3 is 2.63 bits per heavy atom. The molecule has 0 bridgehead atoms. The standard InChI is InChI=1S/C14H19ClN2O2/c15-12-3-1-11(2-4-12)9-17(13-5-6-13)14(18)10-19-8-7-16/h1-4,13H,5-10,16H2. The zero-order valence-electron chi connectivity index (χ0n) is 10.8. The van der Waals surface area contributed by atoms with Crippen molar-refractivity contribution in [2.45, 2.75) is 25.4 Å². The van der Waals surface area contributed by atoms with Crippen LogP contribution in [0.4, 0.5) is 0 Å². The molecule has 1 amide bonds. The molecule has 1 aromatic rings. The Bertz CT molecular complexity index is 418. The second-order valence-corrected chi connectivity index (χ2v) is 5.16. The molecule has 1 aromatic carbocycles. The van der Waals surface area contributed by atoms with Crippen LogP contribution in [0.2, 0.25) is 5.02 Å². The van der Waals surface area contributed by atoms with Gasteiger partial charge < -0.3 is 15.4 Å². The molecule has 0 heterocycles. The molecule has 1 saturated carbocycles. The average molecular weight is 283 g/mol. The molecule has 1 fully saturated rings. The molecule has 0 radical (unpaired) electrons. The Morgan fingerprint density at radius 2 is 2.05 bits per heavy atom. The summed E-state index contributed by atoms with van der Waals surface area (Å²) in [5.74, 6) is 0.0332. The second-order valence-electron chi connectivity index (χ2n) is 4.72. The number of amides is 1. The van der Waals surface area contributed by atoms with Gasteiger partial charge in [-0.05, 0) is 30.5 Å². The van der Waals surface area contributed by atoms with Crippen molar-refractivity contribution in [1.82, 2.24) is 4.90 Å². The fourth-order valence-electron chi connectivity index (χ4n) is 1.92. The number of nitrogens with zero attached hydrogens (tertiary/aromatic N) is 1. The van der Waals surface area contributed by atoms with E-state index in [9.17, 15) is 4.79 Å². The third-order valence-electron chi connectivity index (χ3n) is 3.06. The Morgan fingerprint density at radius 1 is 1.37 bits per heavy atom. The van der Waals surface area contributed by atoms with Crippen LogP contribution in [0.3, 0.4) is 0 Å². The first-order valence-electron chi connectivity index (χ1n) is 6.52. The Balaban J connectivity index is 1.92. The Labute approximate surface area is 118 Å². The summed E-state index contributed by atoms with van der Waals surface area (Å²) in [5.41, 5.74) is 6.42. The minimum Gasteiger partial charge on any atom is -0.370 e. The van der Waals surface area contributed by atoms with Crippen LogP contribution < -0.4 is 5.73 Å². The van der Waals surface area contributed by atoms with Crippen molar-refractivity contribution >= 4 is 17.5 Å². The van der Waals surface area contributed by atoms with E-state index in [1.54, 1.807) is 0 Å². The maximum Gasteiger partial charge on any atom is 0.249 e. The third-order valence-corrected chi connectivity index (χ3v) is 3.31. The minimum absolute atomic E-state index is 0.0332. The van der Waals surface area contributed by atoms with Gasteiger partial charge >= 0.3 is 0 Å². The van der Waals surface area contributed by atoms with Gasteiger partial charge in [0, 0.05) is 24.2 Å². The molecule has 0 aromatic heterocycles. The quantitative estimate of drug-likeness (QED) is 0.776. The van der Waals surface area contributed by atoms with Crippen molar-refractivity contribution in [2.24, 2.45) is 5.73 Å². The van der Waals surface area contributed by atoms with Crippen molar-refractivity contribution in [1.29, 1.82) is 0 Å². The summed E-state index contributed by atoms with van der Waals surface area (Å²) >= 11 is 5.86. The highest BCUT2D eigenvalue weighted by Gasteiger charge is 2.32. The molecule has 0 saturated heterocycles. The van der Waals surface area contributed by atoms with Crippen LogP contribution in [0.5, 0.6) is 0 Å². The van der Waals surface area contributed by atoms with Gasteiger partial charge in [0.15, 0.2) is 0 Å². The maximum absolute atomic E-state index is 12.1. The summed E-state index contributed by atoms with van der Waals surface area (Å²) in [4.78, 5) is 14.0. The van der Waals surface area contributed by atoms with Crippen LogP contribution in [0.15, 0.2) is 24.3 Å². The molecule has 0 spiro atoms. The molecule has 4 nitrogen and oxygen atoms in total. The summed E-state index contributed by atoms with van der Waals surface area (Å²) in [6.07, 6.45) is 2.16. The number of ether oxygens (including phenoxy) is 1. The predicted octanol–water partition coefficient (Wildman–Crippen LogP) is 1.81. The first-order valence-corrected chi connectivity index (χ1v) is 6.90. The van der Waals surface area contributed by atoms with Gasteiger partial charge in [0.25, 0.3) is 0 Å². The van der Waals surface area contributed by atoms with Crippen LogP contribution in [0.1, 0.15) is 18.4 Å². The molecule has 0 atom stereocenters.